The minimum absolute atomic E-state index is 0.0977. The van der Waals surface area contributed by atoms with E-state index < -0.39 is 22.5 Å². The van der Waals surface area contributed by atoms with Crippen LogP contribution in [0.25, 0.3) is 0 Å². The van der Waals surface area contributed by atoms with Crippen molar-refractivity contribution < 1.29 is 17.4 Å². The van der Waals surface area contributed by atoms with Crippen molar-refractivity contribution in [3.63, 3.8) is 0 Å². The van der Waals surface area contributed by atoms with Crippen LogP contribution in [0.3, 0.4) is 0 Å². The molecule has 0 amide bonds. The van der Waals surface area contributed by atoms with Crippen LogP contribution in [0.2, 0.25) is 0 Å². The molecule has 0 bridgehead atoms. The van der Waals surface area contributed by atoms with Gasteiger partial charge in [-0.3, -0.25) is 4.21 Å². The van der Waals surface area contributed by atoms with Gasteiger partial charge in [-0.1, -0.05) is 18.2 Å². The number of hydrogen-bond donors (Lipinski definition) is 0. The van der Waals surface area contributed by atoms with Crippen LogP contribution in [0.5, 0.6) is 0 Å². The van der Waals surface area contributed by atoms with Crippen LogP contribution in [-0.2, 0) is 28.5 Å². The molecule has 20 heavy (non-hydrogen) atoms. The lowest BCUT2D eigenvalue weighted by molar-refractivity contribution is -0.137. The molecule has 0 fully saturated rings. The van der Waals surface area contributed by atoms with Gasteiger partial charge in [0.1, 0.15) is 0 Å². The fourth-order valence-electron chi connectivity index (χ4n) is 1.71. The number of benzene rings is 1. The molecule has 0 spiro atoms. The number of aromatic nitrogens is 1. The third-order valence-electron chi connectivity index (χ3n) is 2.56. The zero-order chi connectivity index (χ0) is 14.8. The fraction of sp³-hybridized carbons (Fsp3) is 0.308. The van der Waals surface area contributed by atoms with E-state index >= 15 is 0 Å². The van der Waals surface area contributed by atoms with Gasteiger partial charge in [0, 0.05) is 21.9 Å². The standard InChI is InChI=1S/C13H12F3NOS2/c1-9-17-12(6-19-9)8-20(18)7-10-3-2-4-11(5-10)13(14,15)16/h2-6H,7-8H2,1H3/t20-/m0/s1. The van der Waals surface area contributed by atoms with Crippen LogP contribution in [0.4, 0.5) is 13.2 Å². The van der Waals surface area contributed by atoms with Gasteiger partial charge in [0.15, 0.2) is 0 Å². The molecule has 0 aliphatic heterocycles. The summed E-state index contributed by atoms with van der Waals surface area (Å²) >= 11 is 1.46. The van der Waals surface area contributed by atoms with Crippen LogP contribution in [0, 0.1) is 6.92 Å². The van der Waals surface area contributed by atoms with Crippen molar-refractivity contribution in [3.05, 3.63) is 51.5 Å². The first-order valence-electron chi connectivity index (χ1n) is 5.77. The predicted octanol–water partition coefficient (Wildman–Crippen LogP) is 3.92. The number of rotatable bonds is 4. The molecule has 0 radical (unpaired) electrons. The molecule has 108 valence electrons. The van der Waals surface area contributed by atoms with Crippen LogP contribution in [0.15, 0.2) is 29.6 Å². The highest BCUT2D eigenvalue weighted by molar-refractivity contribution is 7.83. The summed E-state index contributed by atoms with van der Waals surface area (Å²) in [5.41, 5.74) is 0.430. The Hall–Kier alpha value is -1.21. The van der Waals surface area contributed by atoms with Crippen LogP contribution < -0.4 is 0 Å². The summed E-state index contributed by atoms with van der Waals surface area (Å²) in [7, 11) is -1.27. The SMILES string of the molecule is Cc1nc(C[S@@](=O)Cc2cccc(C(F)(F)F)c2)cs1. The molecule has 7 heteroatoms. The largest absolute Gasteiger partial charge is 0.416 e. The summed E-state index contributed by atoms with van der Waals surface area (Å²) in [6.07, 6.45) is -4.37. The number of aryl methyl sites for hydroxylation is 1. The van der Waals surface area contributed by atoms with E-state index in [1.807, 2.05) is 12.3 Å². The van der Waals surface area contributed by atoms with E-state index in [9.17, 15) is 17.4 Å². The molecule has 2 aromatic rings. The molecule has 0 aliphatic carbocycles. The number of halogens is 3. The molecule has 2 nitrogen and oxygen atoms in total. The van der Waals surface area contributed by atoms with E-state index in [4.69, 9.17) is 0 Å². The molecule has 0 unspecified atom stereocenters. The topological polar surface area (TPSA) is 30.0 Å². The summed E-state index contributed by atoms with van der Waals surface area (Å²) in [5, 5.41) is 2.70. The maximum atomic E-state index is 12.6. The first-order chi connectivity index (χ1) is 9.34. The summed E-state index contributed by atoms with van der Waals surface area (Å²) in [6.45, 7) is 1.85. The molecule has 0 saturated heterocycles. The van der Waals surface area contributed by atoms with Crippen molar-refractivity contribution in [1.82, 2.24) is 4.98 Å². The third-order valence-corrected chi connectivity index (χ3v) is 4.65. The average molecular weight is 319 g/mol. The maximum Gasteiger partial charge on any atom is 0.416 e. The quantitative estimate of drug-likeness (QED) is 0.855. The van der Waals surface area contributed by atoms with Gasteiger partial charge in [-0.15, -0.1) is 11.3 Å². The van der Waals surface area contributed by atoms with Crippen molar-refractivity contribution in [2.24, 2.45) is 0 Å². The maximum absolute atomic E-state index is 12.6. The molecular formula is C13H12F3NOS2. The highest BCUT2D eigenvalue weighted by Gasteiger charge is 2.30. The van der Waals surface area contributed by atoms with Crippen molar-refractivity contribution in [1.29, 1.82) is 0 Å². The van der Waals surface area contributed by atoms with Crippen molar-refractivity contribution in [2.75, 3.05) is 0 Å². The molecule has 1 aromatic heterocycles. The minimum atomic E-state index is -4.37. The Morgan fingerprint density at radius 3 is 2.65 bits per heavy atom. The third kappa shape index (κ3) is 4.14. The molecule has 2 rings (SSSR count). The molecule has 1 heterocycles. The Bertz CT molecular complexity index is 622. The number of nitrogens with zero attached hydrogens (tertiary/aromatic N) is 1. The van der Waals surface area contributed by atoms with Crippen molar-refractivity contribution in [3.8, 4) is 0 Å². The van der Waals surface area contributed by atoms with E-state index in [0.717, 1.165) is 22.8 Å². The van der Waals surface area contributed by atoms with Crippen LogP contribution in [-0.4, -0.2) is 9.19 Å². The monoisotopic (exact) mass is 319 g/mol. The van der Waals surface area contributed by atoms with Gasteiger partial charge in [-0.05, 0) is 18.6 Å². The molecular weight excluding hydrogens is 307 g/mol. The second-order valence-electron chi connectivity index (χ2n) is 4.28. The van der Waals surface area contributed by atoms with Crippen molar-refractivity contribution >= 4 is 22.1 Å². The first kappa shape index (κ1) is 15.2. The van der Waals surface area contributed by atoms with Gasteiger partial charge in [0.25, 0.3) is 0 Å². The summed E-state index contributed by atoms with van der Waals surface area (Å²) in [4.78, 5) is 4.19. The fourth-order valence-corrected chi connectivity index (χ4v) is 3.56. The van der Waals surface area contributed by atoms with Gasteiger partial charge < -0.3 is 0 Å². The van der Waals surface area contributed by atoms with Gasteiger partial charge >= 0.3 is 6.18 Å². The molecule has 0 N–H and O–H groups in total. The zero-order valence-electron chi connectivity index (χ0n) is 10.6. The lowest BCUT2D eigenvalue weighted by atomic mass is 10.1. The summed E-state index contributed by atoms with van der Waals surface area (Å²) in [5.74, 6) is 0.362. The van der Waals surface area contributed by atoms with Gasteiger partial charge in [-0.25, -0.2) is 4.98 Å². The Labute approximate surface area is 121 Å². The van der Waals surface area contributed by atoms with E-state index in [2.05, 4.69) is 4.98 Å². The number of alkyl halides is 3. The zero-order valence-corrected chi connectivity index (χ0v) is 12.2. The molecule has 0 aliphatic rings. The van der Waals surface area contributed by atoms with E-state index in [-0.39, 0.29) is 11.5 Å². The lowest BCUT2D eigenvalue weighted by Gasteiger charge is -2.08. The highest BCUT2D eigenvalue weighted by Crippen LogP contribution is 2.29. The van der Waals surface area contributed by atoms with Crippen molar-refractivity contribution in [2.45, 2.75) is 24.6 Å². The number of hydrogen-bond acceptors (Lipinski definition) is 3. The molecule has 1 aromatic carbocycles. The van der Waals surface area contributed by atoms with E-state index in [0.29, 0.717) is 5.56 Å². The predicted molar refractivity (Wildman–Crippen MR) is 73.8 cm³/mol. The number of thiazole rings is 1. The Balaban J connectivity index is 2.04. The molecule has 0 saturated carbocycles. The average Bonchev–Trinajstić information content (AvgIpc) is 2.73. The van der Waals surface area contributed by atoms with Crippen LogP contribution >= 0.6 is 11.3 Å². The van der Waals surface area contributed by atoms with E-state index in [1.54, 1.807) is 6.07 Å². The Morgan fingerprint density at radius 2 is 2.05 bits per heavy atom. The Morgan fingerprint density at radius 1 is 1.30 bits per heavy atom. The van der Waals surface area contributed by atoms with Gasteiger partial charge in [-0.2, -0.15) is 13.2 Å². The van der Waals surface area contributed by atoms with E-state index in [1.165, 1.54) is 17.4 Å². The normalized spacial score (nSPS) is 13.4. The summed E-state index contributed by atoms with van der Waals surface area (Å²) in [6, 6.07) is 4.95. The van der Waals surface area contributed by atoms with Gasteiger partial charge in [0.2, 0.25) is 0 Å². The lowest BCUT2D eigenvalue weighted by Crippen LogP contribution is -2.06. The minimum Gasteiger partial charge on any atom is -0.259 e. The first-order valence-corrected chi connectivity index (χ1v) is 8.13. The van der Waals surface area contributed by atoms with Crippen LogP contribution in [0.1, 0.15) is 21.8 Å². The molecule has 1 atom stereocenters. The second-order valence-corrected chi connectivity index (χ2v) is 6.80. The second kappa shape index (κ2) is 6.05. The van der Waals surface area contributed by atoms with Gasteiger partial charge in [0.05, 0.1) is 22.0 Å². The summed E-state index contributed by atoms with van der Waals surface area (Å²) < 4.78 is 49.7. The highest BCUT2D eigenvalue weighted by atomic mass is 32.2. The Kier molecular flexibility index (Phi) is 4.59. The smallest absolute Gasteiger partial charge is 0.259 e.